The summed E-state index contributed by atoms with van der Waals surface area (Å²) in [6.45, 7) is 0. The fourth-order valence-corrected chi connectivity index (χ4v) is 1.81. The number of methoxy groups -OCH3 is 1. The lowest BCUT2D eigenvalue weighted by Crippen LogP contribution is -2.01. The second-order valence-electron chi connectivity index (χ2n) is 3.54. The minimum atomic E-state index is -0.426. The van der Waals surface area contributed by atoms with Crippen molar-refractivity contribution < 1.29 is 13.9 Å². The van der Waals surface area contributed by atoms with Gasteiger partial charge in [0.1, 0.15) is 10.7 Å². The zero-order valence-electron chi connectivity index (χ0n) is 9.48. The van der Waals surface area contributed by atoms with Gasteiger partial charge in [-0.15, -0.1) is 0 Å². The average molecular weight is 309 g/mol. The number of benzene rings is 1. The van der Waals surface area contributed by atoms with E-state index in [1.807, 2.05) is 0 Å². The predicted molar refractivity (Wildman–Crippen MR) is 69.5 cm³/mol. The Bertz CT molecular complexity index is 628. The highest BCUT2D eigenvalue weighted by Crippen LogP contribution is 2.21. The summed E-state index contributed by atoms with van der Waals surface area (Å²) in [5.74, 6) is -0.387. The molecule has 2 aromatic rings. The summed E-state index contributed by atoms with van der Waals surface area (Å²) in [5.41, 5.74) is 1.63. The van der Waals surface area contributed by atoms with E-state index in [1.54, 1.807) is 30.3 Å². The molecule has 1 heterocycles. The van der Waals surface area contributed by atoms with Gasteiger partial charge in [0, 0.05) is 5.56 Å². The van der Waals surface area contributed by atoms with Crippen LogP contribution < -0.4 is 5.63 Å². The third kappa shape index (κ3) is 2.51. The van der Waals surface area contributed by atoms with Gasteiger partial charge in [-0.1, -0.05) is 12.1 Å². The number of hydrogen-bond donors (Lipinski definition) is 0. The van der Waals surface area contributed by atoms with Crippen molar-refractivity contribution in [3.63, 3.8) is 0 Å². The Morgan fingerprint density at radius 2 is 1.89 bits per heavy atom. The number of esters is 1. The van der Waals surface area contributed by atoms with Crippen molar-refractivity contribution in [2.24, 2.45) is 0 Å². The molecule has 0 aliphatic heterocycles. The summed E-state index contributed by atoms with van der Waals surface area (Å²) >= 11 is 3.11. The molecule has 0 saturated heterocycles. The number of hydrogen-bond acceptors (Lipinski definition) is 4. The van der Waals surface area contributed by atoms with Gasteiger partial charge in [-0.3, -0.25) is 0 Å². The van der Waals surface area contributed by atoms with Crippen molar-refractivity contribution in [2.75, 3.05) is 7.11 Å². The summed E-state index contributed by atoms with van der Waals surface area (Å²) < 4.78 is 9.82. The summed E-state index contributed by atoms with van der Waals surface area (Å²) in [5, 5.41) is 0. The van der Waals surface area contributed by atoms with Gasteiger partial charge in [0.15, 0.2) is 0 Å². The standard InChI is InChI=1S/C13H9BrO4/c1-17-12(15)9-4-2-8(3-5-9)10-6-11(14)13(16)18-7-10/h2-7H,1H3. The molecule has 0 N–H and O–H groups in total. The SMILES string of the molecule is COC(=O)c1ccc(-c2coc(=O)c(Br)c2)cc1. The molecule has 1 aromatic heterocycles. The monoisotopic (exact) mass is 308 g/mol. The molecule has 0 radical (unpaired) electrons. The van der Waals surface area contributed by atoms with E-state index in [9.17, 15) is 9.59 Å². The lowest BCUT2D eigenvalue weighted by atomic mass is 10.1. The molecule has 0 aliphatic carbocycles. The normalized spacial score (nSPS) is 10.1. The first kappa shape index (κ1) is 12.6. The molecular weight excluding hydrogens is 300 g/mol. The van der Waals surface area contributed by atoms with Crippen LogP contribution in [0.5, 0.6) is 0 Å². The maximum atomic E-state index is 11.3. The largest absolute Gasteiger partial charge is 0.465 e. The van der Waals surface area contributed by atoms with Crippen LogP contribution in [0.4, 0.5) is 0 Å². The molecule has 0 spiro atoms. The highest BCUT2D eigenvalue weighted by molar-refractivity contribution is 9.10. The first-order valence-electron chi connectivity index (χ1n) is 5.09. The second-order valence-corrected chi connectivity index (χ2v) is 4.39. The Balaban J connectivity index is 2.37. The van der Waals surface area contributed by atoms with Crippen LogP contribution in [0, 0.1) is 0 Å². The Kier molecular flexibility index (Phi) is 3.62. The number of rotatable bonds is 2. The van der Waals surface area contributed by atoms with E-state index in [1.165, 1.54) is 13.4 Å². The summed E-state index contributed by atoms with van der Waals surface area (Å²) in [6, 6.07) is 8.49. The van der Waals surface area contributed by atoms with Crippen LogP contribution in [0.1, 0.15) is 10.4 Å². The fourth-order valence-electron chi connectivity index (χ4n) is 1.47. The van der Waals surface area contributed by atoms with Crippen LogP contribution in [-0.4, -0.2) is 13.1 Å². The van der Waals surface area contributed by atoms with Gasteiger partial charge in [-0.2, -0.15) is 0 Å². The van der Waals surface area contributed by atoms with Gasteiger partial charge in [0.05, 0.1) is 12.7 Å². The highest BCUT2D eigenvalue weighted by Gasteiger charge is 2.07. The molecule has 5 heteroatoms. The van der Waals surface area contributed by atoms with Crippen molar-refractivity contribution >= 4 is 21.9 Å². The molecule has 0 saturated carbocycles. The van der Waals surface area contributed by atoms with Crippen LogP contribution in [0.25, 0.3) is 11.1 Å². The van der Waals surface area contributed by atoms with E-state index in [-0.39, 0.29) is 5.97 Å². The van der Waals surface area contributed by atoms with Crippen LogP contribution in [0.15, 0.2) is 50.3 Å². The first-order valence-corrected chi connectivity index (χ1v) is 5.88. The average Bonchev–Trinajstić information content (AvgIpc) is 2.41. The summed E-state index contributed by atoms with van der Waals surface area (Å²) in [6.07, 6.45) is 1.38. The predicted octanol–water partition coefficient (Wildman–Crippen LogP) is 2.86. The third-order valence-electron chi connectivity index (χ3n) is 2.41. The maximum absolute atomic E-state index is 11.3. The highest BCUT2D eigenvalue weighted by atomic mass is 79.9. The van der Waals surface area contributed by atoms with Crippen LogP contribution in [0.2, 0.25) is 0 Å². The lowest BCUT2D eigenvalue weighted by molar-refractivity contribution is 0.0601. The minimum Gasteiger partial charge on any atom is -0.465 e. The van der Waals surface area contributed by atoms with Gasteiger partial charge in [-0.25, -0.2) is 9.59 Å². The van der Waals surface area contributed by atoms with E-state index in [2.05, 4.69) is 20.7 Å². The molecule has 2 rings (SSSR count). The van der Waals surface area contributed by atoms with Crippen LogP contribution in [-0.2, 0) is 4.74 Å². The number of carbonyl (C=O) groups is 1. The van der Waals surface area contributed by atoms with Crippen molar-refractivity contribution in [3.8, 4) is 11.1 Å². The van der Waals surface area contributed by atoms with Crippen molar-refractivity contribution in [1.82, 2.24) is 0 Å². The second kappa shape index (κ2) is 5.18. The Morgan fingerprint density at radius 1 is 1.22 bits per heavy atom. The number of halogens is 1. The first-order chi connectivity index (χ1) is 8.61. The number of ether oxygens (including phenoxy) is 1. The summed E-state index contributed by atoms with van der Waals surface area (Å²) in [4.78, 5) is 22.4. The van der Waals surface area contributed by atoms with Gasteiger partial charge in [0.25, 0.3) is 0 Å². The smallest absolute Gasteiger partial charge is 0.350 e. The molecule has 0 atom stereocenters. The molecule has 18 heavy (non-hydrogen) atoms. The molecule has 1 aromatic carbocycles. The van der Waals surface area contributed by atoms with E-state index in [4.69, 9.17) is 4.42 Å². The quantitative estimate of drug-likeness (QED) is 0.801. The van der Waals surface area contributed by atoms with Gasteiger partial charge < -0.3 is 9.15 Å². The Morgan fingerprint density at radius 3 is 2.44 bits per heavy atom. The third-order valence-corrected chi connectivity index (χ3v) is 2.96. The molecule has 4 nitrogen and oxygen atoms in total. The van der Waals surface area contributed by atoms with Crippen molar-refractivity contribution in [3.05, 3.63) is 57.1 Å². The van der Waals surface area contributed by atoms with E-state index >= 15 is 0 Å². The molecule has 0 aliphatic rings. The van der Waals surface area contributed by atoms with Gasteiger partial charge in [0.2, 0.25) is 0 Å². The number of carbonyl (C=O) groups excluding carboxylic acids is 1. The minimum absolute atomic E-state index is 0.358. The topological polar surface area (TPSA) is 56.5 Å². The van der Waals surface area contributed by atoms with E-state index in [0.717, 1.165) is 11.1 Å². The van der Waals surface area contributed by atoms with Gasteiger partial charge >= 0.3 is 11.6 Å². The van der Waals surface area contributed by atoms with Crippen LogP contribution in [0.3, 0.4) is 0 Å². The lowest BCUT2D eigenvalue weighted by Gasteiger charge is -2.03. The molecule has 0 bridgehead atoms. The van der Waals surface area contributed by atoms with E-state index in [0.29, 0.717) is 10.0 Å². The molecular formula is C13H9BrO4. The molecule has 0 unspecified atom stereocenters. The summed E-state index contributed by atoms with van der Waals surface area (Å²) in [7, 11) is 1.33. The zero-order chi connectivity index (χ0) is 13.1. The van der Waals surface area contributed by atoms with E-state index < -0.39 is 5.63 Å². The molecule has 0 amide bonds. The Labute approximate surface area is 111 Å². The van der Waals surface area contributed by atoms with Crippen molar-refractivity contribution in [2.45, 2.75) is 0 Å². The van der Waals surface area contributed by atoms with Crippen molar-refractivity contribution in [1.29, 1.82) is 0 Å². The molecule has 92 valence electrons. The van der Waals surface area contributed by atoms with Gasteiger partial charge in [-0.05, 0) is 39.7 Å². The maximum Gasteiger partial charge on any atom is 0.350 e. The van der Waals surface area contributed by atoms with Crippen LogP contribution >= 0.6 is 15.9 Å². The Hall–Kier alpha value is -1.88. The zero-order valence-corrected chi connectivity index (χ0v) is 11.1. The fraction of sp³-hybridized carbons (Fsp3) is 0.0769. The molecule has 0 fully saturated rings.